The second-order valence-corrected chi connectivity index (χ2v) is 15.7. The molecule has 0 saturated heterocycles. The summed E-state index contributed by atoms with van der Waals surface area (Å²) in [6.45, 7) is 0. The maximum Gasteiger partial charge on any atom is 0.123 e. The van der Waals surface area contributed by atoms with Crippen LogP contribution in [0.25, 0.3) is 132 Å². The Morgan fingerprint density at radius 2 is 0.466 bits per heavy atom. The first kappa shape index (κ1) is 31.7. The van der Waals surface area contributed by atoms with Gasteiger partial charge in [-0.1, -0.05) is 158 Å². The molecule has 2 aliphatic carbocycles. The average Bonchev–Trinajstić information content (AvgIpc) is 3.81. The third-order valence-corrected chi connectivity index (χ3v) is 12.9. The predicted molar refractivity (Wildman–Crippen MR) is 238 cm³/mol. The number of halogens is 2. The Labute approximate surface area is 333 Å². The standard InChI is InChI=1S/C56H30F2/c57-35-15-11-33(12-16-35)39-21-19-37(31-7-3-1-4-8-31)49-45-27-23-41-42-24-28-46-50-38(32-9-5-2-6-10-32)20-22-40(34-13-17-36(58)18-14-34)52(50)48-30-26-44(54(42)56(46)48)43-25-29-47(51(39)49)55(45)53(41)43/h1-30H. The van der Waals surface area contributed by atoms with Gasteiger partial charge in [0.05, 0.1) is 0 Å². The molecule has 0 radical (unpaired) electrons. The van der Waals surface area contributed by atoms with E-state index in [1.54, 1.807) is 24.3 Å². The Morgan fingerprint density at radius 3 is 0.759 bits per heavy atom. The van der Waals surface area contributed by atoms with Crippen LogP contribution in [0.3, 0.4) is 0 Å². The van der Waals surface area contributed by atoms with Crippen LogP contribution in [0, 0.1) is 11.6 Å². The molecule has 13 rings (SSSR count). The highest BCUT2D eigenvalue weighted by Gasteiger charge is 2.33. The van der Waals surface area contributed by atoms with Crippen LogP contribution in [0.2, 0.25) is 0 Å². The molecule has 268 valence electrons. The Hall–Kier alpha value is -7.42. The number of benzene rings is 11. The lowest BCUT2D eigenvalue weighted by Gasteiger charge is -2.17. The quantitative estimate of drug-likeness (QED) is 0.124. The number of hydrogen-bond acceptors (Lipinski definition) is 0. The first-order valence-electron chi connectivity index (χ1n) is 19.8. The fraction of sp³-hybridized carbons (Fsp3) is 0. The zero-order valence-electron chi connectivity index (χ0n) is 31.1. The molecule has 11 aromatic carbocycles. The molecule has 0 bridgehead atoms. The van der Waals surface area contributed by atoms with E-state index in [1.807, 2.05) is 24.3 Å². The van der Waals surface area contributed by atoms with Crippen molar-refractivity contribution >= 4 is 43.1 Å². The van der Waals surface area contributed by atoms with Gasteiger partial charge >= 0.3 is 0 Å². The molecule has 0 heterocycles. The van der Waals surface area contributed by atoms with Gasteiger partial charge in [0.1, 0.15) is 11.6 Å². The highest BCUT2D eigenvalue weighted by Crippen LogP contribution is 2.60. The molecule has 2 aliphatic rings. The first-order chi connectivity index (χ1) is 28.6. The highest BCUT2D eigenvalue weighted by molar-refractivity contribution is 6.41. The third kappa shape index (κ3) is 4.16. The Bertz CT molecular complexity index is 3270. The van der Waals surface area contributed by atoms with Crippen LogP contribution in [-0.2, 0) is 0 Å². The van der Waals surface area contributed by atoms with Gasteiger partial charge in [-0.3, -0.25) is 0 Å². The molecule has 58 heavy (non-hydrogen) atoms. The lowest BCUT2D eigenvalue weighted by Crippen LogP contribution is -1.89. The Morgan fingerprint density at radius 1 is 0.207 bits per heavy atom. The molecule has 0 saturated carbocycles. The average molecular weight is 741 g/mol. The molecular formula is C56H30F2. The van der Waals surface area contributed by atoms with E-state index in [0.717, 1.165) is 22.3 Å². The minimum atomic E-state index is -0.239. The van der Waals surface area contributed by atoms with Crippen LogP contribution in [-0.4, -0.2) is 0 Å². The molecule has 11 aromatic rings. The van der Waals surface area contributed by atoms with E-state index < -0.39 is 0 Å². The Kier molecular flexibility index (Phi) is 6.33. The fourth-order valence-electron chi connectivity index (χ4n) is 10.5. The van der Waals surface area contributed by atoms with E-state index in [1.165, 1.54) is 110 Å². The highest BCUT2D eigenvalue weighted by atomic mass is 19.1. The maximum absolute atomic E-state index is 14.2. The van der Waals surface area contributed by atoms with Gasteiger partial charge in [-0.15, -0.1) is 0 Å². The summed E-state index contributed by atoms with van der Waals surface area (Å²) >= 11 is 0. The van der Waals surface area contributed by atoms with Crippen molar-refractivity contribution in [2.24, 2.45) is 0 Å². The van der Waals surface area contributed by atoms with E-state index in [9.17, 15) is 8.78 Å². The smallest absolute Gasteiger partial charge is 0.123 e. The van der Waals surface area contributed by atoms with E-state index in [-0.39, 0.29) is 11.6 Å². The van der Waals surface area contributed by atoms with Crippen molar-refractivity contribution in [3.05, 3.63) is 194 Å². The lowest BCUT2D eigenvalue weighted by atomic mass is 9.86. The monoisotopic (exact) mass is 740 g/mol. The molecule has 0 unspecified atom stereocenters. The minimum absolute atomic E-state index is 0.239. The van der Waals surface area contributed by atoms with Gasteiger partial charge in [0.2, 0.25) is 0 Å². The molecular weight excluding hydrogens is 711 g/mol. The van der Waals surface area contributed by atoms with Crippen LogP contribution in [0.4, 0.5) is 8.78 Å². The summed E-state index contributed by atoms with van der Waals surface area (Å²) in [5, 5.41) is 10.0. The molecule has 0 atom stereocenters. The van der Waals surface area contributed by atoms with Crippen molar-refractivity contribution in [1.29, 1.82) is 0 Å². The number of rotatable bonds is 4. The lowest BCUT2D eigenvalue weighted by molar-refractivity contribution is 0.627. The van der Waals surface area contributed by atoms with Gasteiger partial charge < -0.3 is 0 Å². The van der Waals surface area contributed by atoms with Crippen molar-refractivity contribution in [2.75, 3.05) is 0 Å². The van der Waals surface area contributed by atoms with Gasteiger partial charge in [-0.05, 0) is 156 Å². The van der Waals surface area contributed by atoms with E-state index in [4.69, 9.17) is 0 Å². The van der Waals surface area contributed by atoms with Gasteiger partial charge in [0.15, 0.2) is 0 Å². The second kappa shape index (κ2) is 11.6. The molecule has 2 heteroatoms. The molecule has 0 nitrogen and oxygen atoms in total. The minimum Gasteiger partial charge on any atom is -0.207 e. The van der Waals surface area contributed by atoms with Crippen LogP contribution < -0.4 is 0 Å². The van der Waals surface area contributed by atoms with Crippen molar-refractivity contribution in [3.63, 3.8) is 0 Å². The van der Waals surface area contributed by atoms with E-state index >= 15 is 0 Å². The predicted octanol–water partition coefficient (Wildman–Crippen LogP) is 16.0. The van der Waals surface area contributed by atoms with Gasteiger partial charge in [-0.2, -0.15) is 0 Å². The fourth-order valence-corrected chi connectivity index (χ4v) is 10.5. The first-order valence-corrected chi connectivity index (χ1v) is 19.8. The molecule has 0 spiro atoms. The molecule has 0 fully saturated rings. The number of fused-ring (bicyclic) bond motifs is 8. The molecule has 0 aliphatic heterocycles. The van der Waals surface area contributed by atoms with Gasteiger partial charge in [0.25, 0.3) is 0 Å². The van der Waals surface area contributed by atoms with Gasteiger partial charge in [-0.25, -0.2) is 8.78 Å². The molecule has 0 amide bonds. The van der Waals surface area contributed by atoms with Gasteiger partial charge in [0, 0.05) is 0 Å². The topological polar surface area (TPSA) is 0 Å². The summed E-state index contributed by atoms with van der Waals surface area (Å²) in [5.74, 6) is -0.477. The zero-order chi connectivity index (χ0) is 38.2. The van der Waals surface area contributed by atoms with Crippen molar-refractivity contribution in [3.8, 4) is 89.0 Å². The third-order valence-electron chi connectivity index (χ3n) is 12.9. The van der Waals surface area contributed by atoms with Crippen molar-refractivity contribution in [1.82, 2.24) is 0 Å². The SMILES string of the molecule is Fc1ccc(-c2ccc(-c3ccccc3)c3c2-c2ccc4c5ccc6c7c(ccc(c8ccc-3c2c84)c75)-c2c(-c3ccccc3)ccc(-c3ccc(F)cc3)c2-6)cc1. The maximum atomic E-state index is 14.2. The van der Waals surface area contributed by atoms with E-state index in [2.05, 4.69) is 133 Å². The summed E-state index contributed by atoms with van der Waals surface area (Å²) in [5.41, 5.74) is 18.7. The summed E-state index contributed by atoms with van der Waals surface area (Å²) in [6, 6.07) is 62.6. The van der Waals surface area contributed by atoms with Crippen molar-refractivity contribution in [2.45, 2.75) is 0 Å². The van der Waals surface area contributed by atoms with Crippen LogP contribution in [0.5, 0.6) is 0 Å². The summed E-state index contributed by atoms with van der Waals surface area (Å²) in [6.07, 6.45) is 0. The summed E-state index contributed by atoms with van der Waals surface area (Å²) in [7, 11) is 0. The van der Waals surface area contributed by atoms with Crippen LogP contribution in [0.15, 0.2) is 182 Å². The normalized spacial score (nSPS) is 12.3. The number of hydrogen-bond donors (Lipinski definition) is 0. The summed E-state index contributed by atoms with van der Waals surface area (Å²) in [4.78, 5) is 0. The molecule has 0 N–H and O–H groups in total. The van der Waals surface area contributed by atoms with E-state index in [0.29, 0.717) is 0 Å². The molecule has 0 aromatic heterocycles. The zero-order valence-corrected chi connectivity index (χ0v) is 31.1. The van der Waals surface area contributed by atoms with Crippen LogP contribution >= 0.6 is 0 Å². The van der Waals surface area contributed by atoms with Crippen LogP contribution in [0.1, 0.15) is 0 Å². The Balaban J connectivity index is 1.12. The second-order valence-electron chi connectivity index (χ2n) is 15.7. The summed E-state index contributed by atoms with van der Waals surface area (Å²) < 4.78 is 28.5. The van der Waals surface area contributed by atoms with Crippen molar-refractivity contribution < 1.29 is 8.78 Å². The largest absolute Gasteiger partial charge is 0.207 e.